The van der Waals surface area contributed by atoms with Gasteiger partial charge < -0.3 is 9.47 Å². The fraction of sp³-hybridized carbons (Fsp3) is 0.588. The van der Waals surface area contributed by atoms with Crippen molar-refractivity contribution in [3.63, 3.8) is 0 Å². The highest BCUT2D eigenvalue weighted by atomic mass is 16.5. The lowest BCUT2D eigenvalue weighted by molar-refractivity contribution is -0.173. The predicted molar refractivity (Wildman–Crippen MR) is 83.9 cm³/mol. The number of aromatic nitrogens is 4. The van der Waals surface area contributed by atoms with Crippen molar-refractivity contribution in [2.24, 2.45) is 0 Å². The maximum Gasteiger partial charge on any atom is 0.212 e. The van der Waals surface area contributed by atoms with Crippen molar-refractivity contribution in [2.75, 3.05) is 0 Å². The minimum absolute atomic E-state index is 0.169. The summed E-state index contributed by atoms with van der Waals surface area (Å²) in [5, 5.41) is 12.6. The van der Waals surface area contributed by atoms with E-state index in [0.717, 1.165) is 12.2 Å². The van der Waals surface area contributed by atoms with Crippen LogP contribution in [-0.2, 0) is 17.9 Å². The van der Waals surface area contributed by atoms with Crippen LogP contribution in [0.5, 0.6) is 5.75 Å². The predicted octanol–water partition coefficient (Wildman–Crippen LogP) is 2.74. The van der Waals surface area contributed by atoms with Gasteiger partial charge in [0.05, 0.1) is 18.2 Å². The number of para-hydroxylation sites is 1. The second kappa shape index (κ2) is 6.28. The average Bonchev–Trinajstić information content (AvgIpc) is 3.00. The molecule has 2 aromatic rings. The Labute approximate surface area is 135 Å². The molecule has 2 heterocycles. The first kappa shape index (κ1) is 14.6. The smallest absolute Gasteiger partial charge is 0.212 e. The molecule has 1 aromatic carbocycles. The Morgan fingerprint density at radius 3 is 2.78 bits per heavy atom. The minimum Gasteiger partial charge on any atom is -0.485 e. The molecule has 6 nitrogen and oxygen atoms in total. The van der Waals surface area contributed by atoms with Gasteiger partial charge in [0.2, 0.25) is 5.82 Å². The van der Waals surface area contributed by atoms with E-state index in [1.54, 1.807) is 4.80 Å². The van der Waals surface area contributed by atoms with Crippen LogP contribution in [0.4, 0.5) is 0 Å². The molecule has 1 saturated heterocycles. The first-order valence-corrected chi connectivity index (χ1v) is 8.44. The van der Waals surface area contributed by atoms with Gasteiger partial charge in [0.1, 0.15) is 5.75 Å². The van der Waals surface area contributed by atoms with Crippen LogP contribution in [0.2, 0.25) is 0 Å². The summed E-state index contributed by atoms with van der Waals surface area (Å²) in [5.41, 5.74) is 0.169. The lowest BCUT2D eigenvalue weighted by Gasteiger charge is -2.47. The molecule has 1 atom stereocenters. The third-order valence-electron chi connectivity index (χ3n) is 4.81. The Bertz CT molecular complexity index is 639. The number of hydrogen-bond acceptors (Lipinski definition) is 5. The van der Waals surface area contributed by atoms with E-state index >= 15 is 0 Å². The standard InChI is InChI=1S/C17H22N4O2/c1-2-6-14(7-3-1)22-13-16-18-20-21(19-16)12-15-8-4-9-17(23-15)10-5-11-17/h1-3,6-7,15H,4-5,8-13H2. The molecular weight excluding hydrogens is 292 g/mol. The quantitative estimate of drug-likeness (QED) is 0.849. The van der Waals surface area contributed by atoms with E-state index in [0.29, 0.717) is 19.0 Å². The molecule has 2 fully saturated rings. The van der Waals surface area contributed by atoms with Crippen LogP contribution in [0.3, 0.4) is 0 Å². The molecule has 122 valence electrons. The van der Waals surface area contributed by atoms with Crippen molar-refractivity contribution in [3.8, 4) is 5.75 Å². The summed E-state index contributed by atoms with van der Waals surface area (Å²) >= 11 is 0. The molecule has 1 unspecified atom stereocenters. The lowest BCUT2D eigenvalue weighted by atomic mass is 9.74. The zero-order valence-corrected chi connectivity index (χ0v) is 13.2. The van der Waals surface area contributed by atoms with E-state index in [9.17, 15) is 0 Å². The largest absolute Gasteiger partial charge is 0.485 e. The molecule has 2 aliphatic rings. The molecule has 1 aromatic heterocycles. The molecule has 0 amide bonds. The molecule has 0 radical (unpaired) electrons. The number of rotatable bonds is 5. The zero-order valence-electron chi connectivity index (χ0n) is 13.2. The van der Waals surface area contributed by atoms with Gasteiger partial charge in [-0.05, 0) is 55.9 Å². The summed E-state index contributed by atoms with van der Waals surface area (Å²) < 4.78 is 11.9. The topological polar surface area (TPSA) is 62.1 Å². The van der Waals surface area contributed by atoms with Gasteiger partial charge in [-0.2, -0.15) is 4.80 Å². The highest BCUT2D eigenvalue weighted by Gasteiger charge is 2.42. The molecule has 6 heteroatoms. The molecule has 1 aliphatic heterocycles. The molecule has 1 spiro atoms. The molecule has 0 N–H and O–H groups in total. The Morgan fingerprint density at radius 2 is 2.00 bits per heavy atom. The number of hydrogen-bond donors (Lipinski definition) is 0. The van der Waals surface area contributed by atoms with E-state index in [1.165, 1.54) is 32.1 Å². The third-order valence-corrected chi connectivity index (χ3v) is 4.81. The first-order chi connectivity index (χ1) is 11.3. The van der Waals surface area contributed by atoms with E-state index < -0.39 is 0 Å². The fourth-order valence-electron chi connectivity index (χ4n) is 3.45. The molecular formula is C17H22N4O2. The third kappa shape index (κ3) is 3.37. The van der Waals surface area contributed by atoms with Crippen molar-refractivity contribution in [2.45, 2.75) is 63.4 Å². The monoisotopic (exact) mass is 314 g/mol. The summed E-state index contributed by atoms with van der Waals surface area (Å²) in [6.07, 6.45) is 7.47. The van der Waals surface area contributed by atoms with Crippen LogP contribution in [-0.4, -0.2) is 31.9 Å². The van der Waals surface area contributed by atoms with Gasteiger partial charge in [-0.1, -0.05) is 18.2 Å². The molecule has 1 aliphatic carbocycles. The lowest BCUT2D eigenvalue weighted by Crippen LogP contribution is -2.47. The van der Waals surface area contributed by atoms with Crippen LogP contribution < -0.4 is 4.74 Å². The van der Waals surface area contributed by atoms with Gasteiger partial charge in [-0.15, -0.1) is 10.2 Å². The zero-order chi connectivity index (χ0) is 15.5. The minimum atomic E-state index is 0.169. The van der Waals surface area contributed by atoms with E-state index in [2.05, 4.69) is 15.4 Å². The maximum absolute atomic E-state index is 6.29. The van der Waals surface area contributed by atoms with Crippen molar-refractivity contribution < 1.29 is 9.47 Å². The Kier molecular flexibility index (Phi) is 3.99. The number of benzene rings is 1. The molecule has 4 rings (SSSR count). The van der Waals surface area contributed by atoms with Crippen LogP contribution in [0.25, 0.3) is 0 Å². The molecule has 0 bridgehead atoms. The van der Waals surface area contributed by atoms with E-state index in [4.69, 9.17) is 9.47 Å². The number of nitrogens with zero attached hydrogens (tertiary/aromatic N) is 4. The van der Waals surface area contributed by atoms with Gasteiger partial charge in [0, 0.05) is 0 Å². The maximum atomic E-state index is 6.29. The van der Waals surface area contributed by atoms with Crippen molar-refractivity contribution in [1.82, 2.24) is 20.2 Å². The number of ether oxygens (including phenoxy) is 2. The summed E-state index contributed by atoms with van der Waals surface area (Å²) in [6.45, 7) is 1.01. The average molecular weight is 314 g/mol. The van der Waals surface area contributed by atoms with Crippen LogP contribution in [0.1, 0.15) is 44.3 Å². The SMILES string of the molecule is c1ccc(OCc2nnn(CC3CCCC4(CCC4)O3)n2)cc1. The number of tetrazole rings is 1. The Morgan fingerprint density at radius 1 is 1.17 bits per heavy atom. The van der Waals surface area contributed by atoms with Gasteiger partial charge in [0.25, 0.3) is 0 Å². The van der Waals surface area contributed by atoms with Crippen LogP contribution in [0.15, 0.2) is 30.3 Å². The van der Waals surface area contributed by atoms with E-state index in [1.807, 2.05) is 30.3 Å². The van der Waals surface area contributed by atoms with Gasteiger partial charge in [0.15, 0.2) is 6.61 Å². The van der Waals surface area contributed by atoms with Crippen molar-refractivity contribution in [1.29, 1.82) is 0 Å². The van der Waals surface area contributed by atoms with Crippen LogP contribution in [0, 0.1) is 0 Å². The van der Waals surface area contributed by atoms with Gasteiger partial charge >= 0.3 is 0 Å². The summed E-state index contributed by atoms with van der Waals surface area (Å²) in [5.74, 6) is 1.41. The Hall–Kier alpha value is -1.95. The fourth-order valence-corrected chi connectivity index (χ4v) is 3.45. The highest BCUT2D eigenvalue weighted by Crippen LogP contribution is 2.44. The van der Waals surface area contributed by atoms with Gasteiger partial charge in [-0.3, -0.25) is 0 Å². The first-order valence-electron chi connectivity index (χ1n) is 8.44. The summed E-state index contributed by atoms with van der Waals surface area (Å²) in [7, 11) is 0. The van der Waals surface area contributed by atoms with E-state index in [-0.39, 0.29) is 11.7 Å². The second-order valence-corrected chi connectivity index (χ2v) is 6.53. The summed E-state index contributed by atoms with van der Waals surface area (Å²) in [6, 6.07) is 9.67. The van der Waals surface area contributed by atoms with Crippen LogP contribution >= 0.6 is 0 Å². The molecule has 23 heavy (non-hydrogen) atoms. The molecule has 1 saturated carbocycles. The normalized spacial score (nSPS) is 22.7. The highest BCUT2D eigenvalue weighted by molar-refractivity contribution is 5.20. The second-order valence-electron chi connectivity index (χ2n) is 6.53. The van der Waals surface area contributed by atoms with Gasteiger partial charge in [-0.25, -0.2) is 0 Å². The summed E-state index contributed by atoms with van der Waals surface area (Å²) in [4.78, 5) is 1.64. The van der Waals surface area contributed by atoms with Crippen molar-refractivity contribution in [3.05, 3.63) is 36.2 Å². The van der Waals surface area contributed by atoms with Crippen molar-refractivity contribution >= 4 is 0 Å². The Balaban J connectivity index is 1.31.